The van der Waals surface area contributed by atoms with Gasteiger partial charge in [-0.15, -0.1) is 0 Å². The molecule has 0 aromatic carbocycles. The predicted octanol–water partition coefficient (Wildman–Crippen LogP) is 3.82. The zero-order valence-corrected chi connectivity index (χ0v) is 11.1. The minimum absolute atomic E-state index is 0.328. The standard InChI is InChI=1S/C15H24O/c1-12(2)6-5-7-14(4)9-13(3)10-15(12,14)11(13)8-16/h8,11H,5-7,9-10H2,1-4H3. The van der Waals surface area contributed by atoms with Crippen LogP contribution in [0.5, 0.6) is 0 Å². The van der Waals surface area contributed by atoms with Gasteiger partial charge in [-0.3, -0.25) is 0 Å². The summed E-state index contributed by atoms with van der Waals surface area (Å²) in [5, 5.41) is 0. The SMILES string of the molecule is CC12CC3(C)CCCC(C)(C)C3(C1)C2C=O. The van der Waals surface area contributed by atoms with Gasteiger partial charge in [-0.1, -0.05) is 34.1 Å². The third kappa shape index (κ3) is 0.822. The summed E-state index contributed by atoms with van der Waals surface area (Å²) in [5.74, 6) is 0.334. The molecule has 0 radical (unpaired) electrons. The zero-order chi connectivity index (χ0) is 11.8. The molecule has 4 fully saturated rings. The molecule has 0 heterocycles. The lowest BCUT2D eigenvalue weighted by Crippen LogP contribution is -2.61. The van der Waals surface area contributed by atoms with Gasteiger partial charge in [-0.05, 0) is 47.3 Å². The van der Waals surface area contributed by atoms with E-state index < -0.39 is 0 Å². The van der Waals surface area contributed by atoms with Gasteiger partial charge in [0.05, 0.1) is 0 Å². The first-order valence-corrected chi connectivity index (χ1v) is 6.77. The number of hydrogen-bond donors (Lipinski definition) is 0. The summed E-state index contributed by atoms with van der Waals surface area (Å²) in [6.45, 7) is 9.62. The lowest BCUT2D eigenvalue weighted by atomic mass is 9.38. The molecule has 4 unspecified atom stereocenters. The van der Waals surface area contributed by atoms with E-state index in [4.69, 9.17) is 0 Å². The summed E-state index contributed by atoms with van der Waals surface area (Å²) >= 11 is 0. The maximum absolute atomic E-state index is 11.5. The van der Waals surface area contributed by atoms with Gasteiger partial charge in [0, 0.05) is 5.92 Å². The molecule has 0 saturated heterocycles. The molecular formula is C15H24O. The highest BCUT2D eigenvalue weighted by atomic mass is 16.1. The van der Waals surface area contributed by atoms with Gasteiger partial charge in [0.25, 0.3) is 0 Å². The average molecular weight is 220 g/mol. The van der Waals surface area contributed by atoms with Gasteiger partial charge >= 0.3 is 0 Å². The van der Waals surface area contributed by atoms with Crippen molar-refractivity contribution in [3.8, 4) is 0 Å². The van der Waals surface area contributed by atoms with Crippen LogP contribution >= 0.6 is 0 Å². The predicted molar refractivity (Wildman–Crippen MR) is 65.1 cm³/mol. The van der Waals surface area contributed by atoms with Crippen LogP contribution in [0.25, 0.3) is 0 Å². The van der Waals surface area contributed by atoms with Crippen LogP contribution < -0.4 is 0 Å². The molecule has 4 aliphatic carbocycles. The molecule has 0 aromatic heterocycles. The highest BCUT2D eigenvalue weighted by Crippen LogP contribution is 2.85. The van der Waals surface area contributed by atoms with Crippen molar-refractivity contribution in [2.45, 2.75) is 59.8 Å². The monoisotopic (exact) mass is 220 g/mol. The Bertz CT molecular complexity index is 358. The topological polar surface area (TPSA) is 17.1 Å². The van der Waals surface area contributed by atoms with E-state index in [2.05, 4.69) is 27.7 Å². The number of carbonyl (C=O) groups excluding carboxylic acids is 1. The molecule has 4 rings (SSSR count). The summed E-state index contributed by atoms with van der Waals surface area (Å²) in [6.07, 6.45) is 7.88. The van der Waals surface area contributed by atoms with E-state index in [1.165, 1.54) is 38.4 Å². The van der Waals surface area contributed by atoms with Crippen molar-refractivity contribution in [2.24, 2.45) is 27.6 Å². The van der Waals surface area contributed by atoms with Crippen LogP contribution in [0.3, 0.4) is 0 Å². The van der Waals surface area contributed by atoms with Gasteiger partial charge in [0.1, 0.15) is 6.29 Å². The molecule has 90 valence electrons. The van der Waals surface area contributed by atoms with Crippen LogP contribution in [-0.2, 0) is 4.79 Å². The van der Waals surface area contributed by atoms with Gasteiger partial charge in [-0.2, -0.15) is 0 Å². The summed E-state index contributed by atoms with van der Waals surface area (Å²) in [5.41, 5.74) is 1.46. The molecule has 0 aromatic rings. The smallest absolute Gasteiger partial charge is 0.124 e. The fourth-order valence-electron chi connectivity index (χ4n) is 6.34. The summed E-state index contributed by atoms with van der Waals surface area (Å²) in [4.78, 5) is 11.5. The number of hydrogen-bond acceptors (Lipinski definition) is 1. The molecule has 1 heteroatoms. The summed E-state index contributed by atoms with van der Waals surface area (Å²) in [7, 11) is 0. The number of rotatable bonds is 1. The van der Waals surface area contributed by atoms with E-state index in [-0.39, 0.29) is 0 Å². The Morgan fingerprint density at radius 3 is 2.38 bits per heavy atom. The second kappa shape index (κ2) is 2.57. The Kier molecular flexibility index (Phi) is 1.73. The first-order chi connectivity index (χ1) is 7.31. The number of aldehydes is 1. The van der Waals surface area contributed by atoms with Crippen LogP contribution in [0.4, 0.5) is 0 Å². The Labute approximate surface area is 99.0 Å². The molecule has 0 N–H and O–H groups in total. The van der Waals surface area contributed by atoms with E-state index in [1.54, 1.807) is 0 Å². The van der Waals surface area contributed by atoms with Crippen molar-refractivity contribution in [3.05, 3.63) is 0 Å². The van der Waals surface area contributed by atoms with Gasteiger partial charge in [0.2, 0.25) is 0 Å². The van der Waals surface area contributed by atoms with E-state index in [0.717, 1.165) is 0 Å². The molecule has 1 nitrogen and oxygen atoms in total. The van der Waals surface area contributed by atoms with Crippen LogP contribution in [-0.4, -0.2) is 6.29 Å². The fourth-order valence-corrected chi connectivity index (χ4v) is 6.34. The third-order valence-electron chi connectivity index (χ3n) is 6.71. The lowest BCUT2D eigenvalue weighted by Gasteiger charge is -2.65. The zero-order valence-electron chi connectivity index (χ0n) is 11.1. The molecule has 0 amide bonds. The average Bonchev–Trinajstić information content (AvgIpc) is 2.47. The Balaban J connectivity index is 2.14. The first-order valence-electron chi connectivity index (χ1n) is 6.77. The lowest BCUT2D eigenvalue weighted by molar-refractivity contribution is -0.182. The van der Waals surface area contributed by atoms with Crippen molar-refractivity contribution in [3.63, 3.8) is 0 Å². The minimum atomic E-state index is 0.328. The maximum atomic E-state index is 11.5. The van der Waals surface area contributed by atoms with Crippen LogP contribution in [0.1, 0.15) is 59.8 Å². The Hall–Kier alpha value is -0.330. The van der Waals surface area contributed by atoms with Crippen molar-refractivity contribution < 1.29 is 4.79 Å². The molecule has 1 spiro atoms. The van der Waals surface area contributed by atoms with Crippen molar-refractivity contribution >= 4 is 6.29 Å². The van der Waals surface area contributed by atoms with E-state index in [9.17, 15) is 4.79 Å². The Morgan fingerprint density at radius 1 is 1.06 bits per heavy atom. The van der Waals surface area contributed by atoms with Crippen molar-refractivity contribution in [1.82, 2.24) is 0 Å². The van der Waals surface area contributed by atoms with Crippen molar-refractivity contribution in [2.75, 3.05) is 0 Å². The summed E-state index contributed by atoms with van der Waals surface area (Å²) < 4.78 is 0. The molecule has 4 atom stereocenters. The molecular weight excluding hydrogens is 196 g/mol. The van der Waals surface area contributed by atoms with E-state index in [1.807, 2.05) is 0 Å². The van der Waals surface area contributed by atoms with Gasteiger partial charge < -0.3 is 4.79 Å². The second-order valence-electron chi connectivity index (χ2n) is 7.89. The quantitative estimate of drug-likeness (QED) is 0.614. The number of carbonyl (C=O) groups is 1. The van der Waals surface area contributed by atoms with Crippen molar-refractivity contribution in [1.29, 1.82) is 0 Å². The van der Waals surface area contributed by atoms with Crippen LogP contribution in [0, 0.1) is 27.6 Å². The molecule has 4 saturated carbocycles. The van der Waals surface area contributed by atoms with E-state index >= 15 is 0 Å². The summed E-state index contributed by atoms with van der Waals surface area (Å²) in [6, 6.07) is 0. The molecule has 0 aliphatic heterocycles. The highest BCUT2D eigenvalue weighted by molar-refractivity contribution is 5.62. The van der Waals surface area contributed by atoms with E-state index in [0.29, 0.717) is 27.6 Å². The Morgan fingerprint density at radius 2 is 1.75 bits per heavy atom. The van der Waals surface area contributed by atoms with Gasteiger partial charge in [0.15, 0.2) is 0 Å². The molecule has 16 heavy (non-hydrogen) atoms. The second-order valence-corrected chi connectivity index (χ2v) is 7.89. The third-order valence-corrected chi connectivity index (χ3v) is 6.71. The normalized spacial score (nSPS) is 57.6. The molecule has 4 aliphatic rings. The maximum Gasteiger partial charge on any atom is 0.124 e. The van der Waals surface area contributed by atoms with Gasteiger partial charge in [-0.25, -0.2) is 0 Å². The van der Waals surface area contributed by atoms with Crippen LogP contribution in [0.2, 0.25) is 0 Å². The first kappa shape index (κ1) is 10.8. The largest absolute Gasteiger partial charge is 0.303 e. The van der Waals surface area contributed by atoms with Crippen LogP contribution in [0.15, 0.2) is 0 Å². The molecule has 2 bridgehead atoms. The minimum Gasteiger partial charge on any atom is -0.303 e. The highest BCUT2D eigenvalue weighted by Gasteiger charge is 2.79. The fraction of sp³-hybridized carbons (Fsp3) is 0.933.